The zero-order chi connectivity index (χ0) is 11.3. The number of nitriles is 2. The van der Waals surface area contributed by atoms with Crippen molar-refractivity contribution in [1.29, 1.82) is 10.5 Å². The van der Waals surface area contributed by atoms with Gasteiger partial charge in [0.15, 0.2) is 0 Å². The van der Waals surface area contributed by atoms with E-state index in [1.54, 1.807) is 24.3 Å². The number of thioether (sulfide) groups is 1. The fraction of sp³-hybridized carbons (Fsp3) is 0.0909. The molecule has 0 aromatic heterocycles. The van der Waals surface area contributed by atoms with E-state index in [9.17, 15) is 0 Å². The van der Waals surface area contributed by atoms with E-state index < -0.39 is 0 Å². The SMILES string of the molecule is CSC(=C(C#N)C#N)c1ccc(Cl)cc1. The minimum atomic E-state index is 0.129. The topological polar surface area (TPSA) is 47.6 Å². The van der Waals surface area contributed by atoms with Gasteiger partial charge in [-0.05, 0) is 24.0 Å². The standard InChI is InChI=1S/C11H7ClN2S/c1-15-11(9(6-13)7-14)8-2-4-10(12)5-3-8/h2-5H,1H3. The predicted octanol–water partition coefficient (Wildman–Crippen LogP) is 3.46. The fourth-order valence-corrected chi connectivity index (χ4v) is 1.89. The lowest BCUT2D eigenvalue weighted by molar-refractivity contribution is 1.47. The molecule has 1 rings (SSSR count). The summed E-state index contributed by atoms with van der Waals surface area (Å²) in [6, 6.07) is 10.8. The van der Waals surface area contributed by atoms with Crippen LogP contribution in [0.25, 0.3) is 4.91 Å². The Morgan fingerprint density at radius 2 is 1.73 bits per heavy atom. The first-order chi connectivity index (χ1) is 7.22. The molecule has 0 saturated heterocycles. The van der Waals surface area contributed by atoms with Gasteiger partial charge in [-0.1, -0.05) is 23.7 Å². The summed E-state index contributed by atoms with van der Waals surface area (Å²) in [7, 11) is 0. The van der Waals surface area contributed by atoms with Crippen molar-refractivity contribution in [2.45, 2.75) is 0 Å². The molecule has 0 atom stereocenters. The Bertz CT molecular complexity index is 447. The zero-order valence-corrected chi connectivity index (χ0v) is 9.56. The molecule has 0 radical (unpaired) electrons. The summed E-state index contributed by atoms with van der Waals surface area (Å²) in [5, 5.41) is 18.2. The second-order valence-corrected chi connectivity index (χ2v) is 3.89. The molecule has 0 unspecified atom stereocenters. The minimum Gasteiger partial charge on any atom is -0.192 e. The molecular formula is C11H7ClN2S. The third kappa shape index (κ3) is 2.76. The fourth-order valence-electron chi connectivity index (χ4n) is 1.09. The maximum atomic E-state index is 8.77. The van der Waals surface area contributed by atoms with Gasteiger partial charge in [0.05, 0.1) is 0 Å². The molecule has 4 heteroatoms. The average Bonchev–Trinajstić information content (AvgIpc) is 2.27. The molecule has 0 fully saturated rings. The number of hydrogen-bond donors (Lipinski definition) is 0. The second kappa shape index (κ2) is 5.46. The van der Waals surface area contributed by atoms with Crippen LogP contribution in [0, 0.1) is 22.7 Å². The maximum absolute atomic E-state index is 8.77. The Balaban J connectivity index is 3.27. The smallest absolute Gasteiger partial charge is 0.143 e. The molecule has 74 valence electrons. The van der Waals surface area contributed by atoms with Gasteiger partial charge in [0, 0.05) is 9.93 Å². The van der Waals surface area contributed by atoms with Gasteiger partial charge in [0.1, 0.15) is 17.7 Å². The van der Waals surface area contributed by atoms with Gasteiger partial charge in [0.25, 0.3) is 0 Å². The number of rotatable bonds is 2. The Hall–Kier alpha value is -1.42. The first-order valence-electron chi connectivity index (χ1n) is 4.07. The van der Waals surface area contributed by atoms with E-state index in [1.165, 1.54) is 11.8 Å². The number of benzene rings is 1. The van der Waals surface area contributed by atoms with Gasteiger partial charge < -0.3 is 0 Å². The highest BCUT2D eigenvalue weighted by Gasteiger charge is 2.07. The highest BCUT2D eigenvalue weighted by molar-refractivity contribution is 8.07. The number of nitrogens with zero attached hydrogens (tertiary/aromatic N) is 2. The third-order valence-electron chi connectivity index (χ3n) is 1.76. The Morgan fingerprint density at radius 3 is 2.13 bits per heavy atom. The molecular weight excluding hydrogens is 228 g/mol. The summed E-state index contributed by atoms with van der Waals surface area (Å²) in [6.45, 7) is 0. The first-order valence-corrected chi connectivity index (χ1v) is 5.67. The summed E-state index contributed by atoms with van der Waals surface area (Å²) >= 11 is 7.13. The lowest BCUT2D eigenvalue weighted by atomic mass is 10.1. The van der Waals surface area contributed by atoms with Crippen molar-refractivity contribution in [3.8, 4) is 12.1 Å². The van der Waals surface area contributed by atoms with E-state index in [0.717, 1.165) is 5.56 Å². The summed E-state index contributed by atoms with van der Waals surface area (Å²) in [4.78, 5) is 0.677. The van der Waals surface area contributed by atoms with E-state index in [-0.39, 0.29) is 5.57 Å². The monoisotopic (exact) mass is 234 g/mol. The van der Waals surface area contributed by atoms with Crippen molar-refractivity contribution < 1.29 is 0 Å². The molecule has 0 aliphatic rings. The van der Waals surface area contributed by atoms with Crippen molar-refractivity contribution in [3.05, 3.63) is 40.4 Å². The second-order valence-electron chi connectivity index (χ2n) is 2.64. The van der Waals surface area contributed by atoms with Crippen LogP contribution in [-0.4, -0.2) is 6.26 Å². The van der Waals surface area contributed by atoms with Gasteiger partial charge in [-0.2, -0.15) is 10.5 Å². The van der Waals surface area contributed by atoms with Crippen LogP contribution in [0.1, 0.15) is 5.56 Å². The minimum absolute atomic E-state index is 0.129. The van der Waals surface area contributed by atoms with Crippen molar-refractivity contribution in [2.75, 3.05) is 6.26 Å². The van der Waals surface area contributed by atoms with Gasteiger partial charge in [0.2, 0.25) is 0 Å². The molecule has 1 aromatic rings. The Morgan fingerprint density at radius 1 is 1.20 bits per heavy atom. The number of halogens is 1. The molecule has 0 heterocycles. The number of allylic oxidation sites excluding steroid dienone is 1. The highest BCUT2D eigenvalue weighted by atomic mass is 35.5. The van der Waals surface area contributed by atoms with Crippen molar-refractivity contribution in [2.24, 2.45) is 0 Å². The summed E-state index contributed by atoms with van der Waals surface area (Å²) in [5.74, 6) is 0. The molecule has 2 nitrogen and oxygen atoms in total. The van der Waals surface area contributed by atoms with Crippen molar-refractivity contribution >= 4 is 28.3 Å². The highest BCUT2D eigenvalue weighted by Crippen LogP contribution is 2.29. The predicted molar refractivity (Wildman–Crippen MR) is 63.1 cm³/mol. The molecule has 0 aliphatic heterocycles. The van der Waals surface area contributed by atoms with Crippen LogP contribution < -0.4 is 0 Å². The van der Waals surface area contributed by atoms with E-state index in [4.69, 9.17) is 22.1 Å². The van der Waals surface area contributed by atoms with E-state index in [2.05, 4.69) is 0 Å². The van der Waals surface area contributed by atoms with Crippen molar-refractivity contribution in [1.82, 2.24) is 0 Å². The van der Waals surface area contributed by atoms with Gasteiger partial charge in [-0.25, -0.2) is 0 Å². The molecule has 0 saturated carbocycles. The molecule has 0 amide bonds. The lowest BCUT2D eigenvalue weighted by Gasteiger charge is -2.03. The van der Waals surface area contributed by atoms with Crippen LogP contribution >= 0.6 is 23.4 Å². The Kier molecular flexibility index (Phi) is 4.24. The van der Waals surface area contributed by atoms with Crippen LogP contribution in [0.15, 0.2) is 29.8 Å². The molecule has 0 spiro atoms. The number of hydrogen-bond acceptors (Lipinski definition) is 3. The maximum Gasteiger partial charge on any atom is 0.143 e. The average molecular weight is 235 g/mol. The molecule has 1 aromatic carbocycles. The first kappa shape index (κ1) is 11.7. The zero-order valence-electron chi connectivity index (χ0n) is 7.99. The largest absolute Gasteiger partial charge is 0.192 e. The third-order valence-corrected chi connectivity index (χ3v) is 2.86. The molecule has 0 aliphatic carbocycles. The van der Waals surface area contributed by atoms with E-state index >= 15 is 0 Å². The summed E-state index contributed by atoms with van der Waals surface area (Å²) < 4.78 is 0. The van der Waals surface area contributed by atoms with Crippen LogP contribution in [0.5, 0.6) is 0 Å². The molecule has 0 bridgehead atoms. The van der Waals surface area contributed by atoms with Gasteiger partial charge >= 0.3 is 0 Å². The van der Waals surface area contributed by atoms with Crippen LogP contribution in [0.2, 0.25) is 5.02 Å². The summed E-state index contributed by atoms with van der Waals surface area (Å²) in [5.41, 5.74) is 0.967. The van der Waals surface area contributed by atoms with Gasteiger partial charge in [-0.3, -0.25) is 0 Å². The quantitative estimate of drug-likeness (QED) is 0.737. The van der Waals surface area contributed by atoms with Crippen LogP contribution in [0.3, 0.4) is 0 Å². The Labute approximate surface area is 97.8 Å². The molecule has 0 N–H and O–H groups in total. The van der Waals surface area contributed by atoms with Crippen LogP contribution in [0.4, 0.5) is 0 Å². The van der Waals surface area contributed by atoms with E-state index in [0.29, 0.717) is 9.93 Å². The van der Waals surface area contributed by atoms with Crippen LogP contribution in [-0.2, 0) is 0 Å². The van der Waals surface area contributed by atoms with Crippen molar-refractivity contribution in [3.63, 3.8) is 0 Å². The molecule has 15 heavy (non-hydrogen) atoms. The summed E-state index contributed by atoms with van der Waals surface area (Å²) in [6.07, 6.45) is 1.83. The van der Waals surface area contributed by atoms with E-state index in [1.807, 2.05) is 18.4 Å². The lowest BCUT2D eigenvalue weighted by Crippen LogP contribution is -1.84. The normalized spacial score (nSPS) is 8.80. The van der Waals surface area contributed by atoms with Gasteiger partial charge in [-0.15, -0.1) is 11.8 Å².